The van der Waals surface area contributed by atoms with Crippen LogP contribution in [-0.2, 0) is 9.59 Å². The smallest absolute Gasteiger partial charge is 0.262 e. The second kappa shape index (κ2) is 8.98. The van der Waals surface area contributed by atoms with Crippen LogP contribution in [0.5, 0.6) is 0 Å². The van der Waals surface area contributed by atoms with Gasteiger partial charge < -0.3 is 15.5 Å². The Kier molecular flexibility index (Phi) is 6.18. The van der Waals surface area contributed by atoms with Gasteiger partial charge in [0.15, 0.2) is 5.17 Å². The first-order valence-corrected chi connectivity index (χ1v) is 11.2. The van der Waals surface area contributed by atoms with Crippen molar-refractivity contribution in [2.45, 2.75) is 56.2 Å². The first-order chi connectivity index (χ1) is 14.1. The molecule has 8 heteroatoms. The van der Waals surface area contributed by atoms with Gasteiger partial charge in [0.25, 0.3) is 11.8 Å². The van der Waals surface area contributed by atoms with E-state index >= 15 is 0 Å². The topological polar surface area (TPSA) is 90.9 Å². The number of hydrogen-bond acceptors (Lipinski definition) is 5. The van der Waals surface area contributed by atoms with Crippen molar-refractivity contribution in [3.8, 4) is 0 Å². The summed E-state index contributed by atoms with van der Waals surface area (Å²) < 4.78 is 0. The van der Waals surface area contributed by atoms with Gasteiger partial charge >= 0.3 is 0 Å². The molecule has 3 aliphatic rings. The molecule has 1 atom stereocenters. The number of amidine groups is 1. The van der Waals surface area contributed by atoms with E-state index < -0.39 is 5.25 Å². The van der Waals surface area contributed by atoms with E-state index in [-0.39, 0.29) is 30.2 Å². The highest BCUT2D eigenvalue weighted by atomic mass is 32.2. The van der Waals surface area contributed by atoms with Gasteiger partial charge in [0, 0.05) is 36.8 Å². The number of amides is 3. The van der Waals surface area contributed by atoms with Crippen LogP contribution in [0.4, 0.5) is 5.69 Å². The third-order valence-corrected chi connectivity index (χ3v) is 6.81. The average molecular weight is 415 g/mol. The van der Waals surface area contributed by atoms with Crippen molar-refractivity contribution >= 4 is 40.3 Å². The third kappa shape index (κ3) is 4.98. The summed E-state index contributed by atoms with van der Waals surface area (Å²) in [6.45, 7) is 1.86. The molecule has 7 nitrogen and oxygen atoms in total. The second-order valence-electron chi connectivity index (χ2n) is 7.82. The molecule has 1 saturated heterocycles. The maximum absolute atomic E-state index is 12.4. The fraction of sp³-hybridized carbons (Fsp3) is 0.524. The maximum Gasteiger partial charge on any atom is 0.262 e. The zero-order valence-corrected chi connectivity index (χ0v) is 17.2. The lowest BCUT2D eigenvalue weighted by molar-refractivity contribution is -0.121. The number of anilines is 1. The molecular weight excluding hydrogens is 388 g/mol. The van der Waals surface area contributed by atoms with Crippen LogP contribution < -0.4 is 10.6 Å². The highest BCUT2D eigenvalue weighted by Crippen LogP contribution is 2.29. The number of thioether (sulfide) groups is 1. The third-order valence-electron chi connectivity index (χ3n) is 5.60. The normalized spacial score (nSPS) is 22.1. The molecular formula is C21H26N4O3S. The molecule has 1 saturated carbocycles. The zero-order valence-electron chi connectivity index (χ0n) is 16.4. The van der Waals surface area contributed by atoms with Crippen LogP contribution in [0.25, 0.3) is 0 Å². The zero-order chi connectivity index (χ0) is 20.2. The molecule has 2 fully saturated rings. The van der Waals surface area contributed by atoms with Gasteiger partial charge in [-0.1, -0.05) is 24.6 Å². The van der Waals surface area contributed by atoms with Gasteiger partial charge in [0.2, 0.25) is 5.91 Å². The summed E-state index contributed by atoms with van der Waals surface area (Å²) in [5.74, 6) is -0.530. The van der Waals surface area contributed by atoms with Gasteiger partial charge in [0.1, 0.15) is 5.25 Å². The van der Waals surface area contributed by atoms with Crippen molar-refractivity contribution in [3.05, 3.63) is 29.8 Å². The van der Waals surface area contributed by atoms with Gasteiger partial charge in [-0.25, -0.2) is 0 Å². The number of benzene rings is 1. The standard InChI is InChI=1S/C21H26N4O3S/c26-18(13-17-20(28)24-21(29-17)25-11-3-4-12-25)22-16-9-7-14(8-10-16)19(27)23-15-5-1-2-6-15/h7-10,15,17H,1-6,11-13H2,(H,22,26)(H,23,27). The van der Waals surface area contributed by atoms with Crippen LogP contribution in [0.3, 0.4) is 0 Å². The van der Waals surface area contributed by atoms with Crippen LogP contribution in [0.1, 0.15) is 55.3 Å². The Morgan fingerprint density at radius 2 is 1.76 bits per heavy atom. The quantitative estimate of drug-likeness (QED) is 0.773. The summed E-state index contributed by atoms with van der Waals surface area (Å²) in [5, 5.41) is 6.16. The maximum atomic E-state index is 12.4. The summed E-state index contributed by atoms with van der Waals surface area (Å²) in [6.07, 6.45) is 6.75. The first-order valence-electron chi connectivity index (χ1n) is 10.3. The van der Waals surface area contributed by atoms with Crippen LogP contribution in [-0.4, -0.2) is 52.2 Å². The van der Waals surface area contributed by atoms with E-state index in [9.17, 15) is 14.4 Å². The number of nitrogens with one attached hydrogen (secondary N) is 2. The lowest BCUT2D eigenvalue weighted by Gasteiger charge is -2.16. The number of hydrogen-bond donors (Lipinski definition) is 2. The van der Waals surface area contributed by atoms with Crippen molar-refractivity contribution in [3.63, 3.8) is 0 Å². The largest absolute Gasteiger partial charge is 0.351 e. The Morgan fingerprint density at radius 1 is 1.07 bits per heavy atom. The average Bonchev–Trinajstić information content (AvgIpc) is 3.45. The molecule has 1 aromatic carbocycles. The fourth-order valence-corrected chi connectivity index (χ4v) is 5.09. The molecule has 2 N–H and O–H groups in total. The summed E-state index contributed by atoms with van der Waals surface area (Å²) in [7, 11) is 0. The lowest BCUT2D eigenvalue weighted by atomic mass is 10.1. The van der Waals surface area contributed by atoms with Gasteiger partial charge in [-0.05, 0) is 49.9 Å². The van der Waals surface area contributed by atoms with Crippen LogP contribution in [0, 0.1) is 0 Å². The minimum Gasteiger partial charge on any atom is -0.351 e. The van der Waals surface area contributed by atoms with Crippen LogP contribution >= 0.6 is 11.8 Å². The van der Waals surface area contributed by atoms with Crippen LogP contribution in [0.2, 0.25) is 0 Å². The molecule has 1 unspecified atom stereocenters. The Balaban J connectivity index is 1.26. The minimum atomic E-state index is -0.456. The molecule has 154 valence electrons. The van der Waals surface area contributed by atoms with E-state index in [0.29, 0.717) is 11.3 Å². The highest BCUT2D eigenvalue weighted by molar-refractivity contribution is 8.15. The molecule has 0 bridgehead atoms. The number of likely N-dealkylation sites (tertiary alicyclic amines) is 1. The second-order valence-corrected chi connectivity index (χ2v) is 8.99. The van der Waals surface area contributed by atoms with Gasteiger partial charge in [0.05, 0.1) is 0 Å². The van der Waals surface area contributed by atoms with Crippen molar-refractivity contribution in [1.29, 1.82) is 0 Å². The molecule has 4 rings (SSSR count). The molecule has 0 radical (unpaired) electrons. The SMILES string of the molecule is O=C(CC1SC(N2CCCC2)=NC1=O)Nc1ccc(C(=O)NC2CCCC2)cc1. The monoisotopic (exact) mass is 414 g/mol. The van der Waals surface area contributed by atoms with Gasteiger partial charge in [-0.2, -0.15) is 4.99 Å². The predicted octanol–water partition coefficient (Wildman–Crippen LogP) is 2.78. The lowest BCUT2D eigenvalue weighted by Crippen LogP contribution is -2.32. The summed E-state index contributed by atoms with van der Waals surface area (Å²) in [6, 6.07) is 7.14. The van der Waals surface area contributed by atoms with E-state index in [4.69, 9.17) is 0 Å². The number of rotatable bonds is 5. The van der Waals surface area contributed by atoms with Crippen molar-refractivity contribution in [2.75, 3.05) is 18.4 Å². The number of carbonyl (C=O) groups is 3. The fourth-order valence-electron chi connectivity index (χ4n) is 3.98. The molecule has 1 aromatic rings. The van der Waals surface area contributed by atoms with Crippen LogP contribution in [0.15, 0.2) is 29.3 Å². The number of carbonyl (C=O) groups excluding carboxylic acids is 3. The van der Waals surface area contributed by atoms with Gasteiger partial charge in [-0.3, -0.25) is 14.4 Å². The predicted molar refractivity (Wildman–Crippen MR) is 114 cm³/mol. The highest BCUT2D eigenvalue weighted by Gasteiger charge is 2.33. The van der Waals surface area contributed by atoms with Gasteiger partial charge in [-0.15, -0.1) is 0 Å². The minimum absolute atomic E-state index is 0.0747. The van der Waals surface area contributed by atoms with E-state index in [1.807, 2.05) is 0 Å². The molecule has 1 aliphatic carbocycles. The van der Waals surface area contributed by atoms with Crippen molar-refractivity contribution < 1.29 is 14.4 Å². The number of nitrogens with zero attached hydrogens (tertiary/aromatic N) is 2. The molecule has 2 aliphatic heterocycles. The molecule has 2 heterocycles. The van der Waals surface area contributed by atoms with E-state index in [2.05, 4.69) is 20.5 Å². The Labute approximate surface area is 174 Å². The summed E-state index contributed by atoms with van der Waals surface area (Å²) in [5.41, 5.74) is 1.20. The Morgan fingerprint density at radius 3 is 2.45 bits per heavy atom. The molecule has 29 heavy (non-hydrogen) atoms. The number of aliphatic imine (C=N–C) groups is 1. The Bertz CT molecular complexity index is 812. The molecule has 3 amide bonds. The summed E-state index contributed by atoms with van der Waals surface area (Å²) in [4.78, 5) is 43.0. The summed E-state index contributed by atoms with van der Waals surface area (Å²) >= 11 is 1.39. The van der Waals surface area contributed by atoms with E-state index in [1.54, 1.807) is 24.3 Å². The first kappa shape index (κ1) is 19.9. The molecule has 0 spiro atoms. The van der Waals surface area contributed by atoms with E-state index in [0.717, 1.165) is 43.9 Å². The van der Waals surface area contributed by atoms with Crippen molar-refractivity contribution in [2.24, 2.45) is 4.99 Å². The van der Waals surface area contributed by atoms with Crippen molar-refractivity contribution in [1.82, 2.24) is 10.2 Å². The van der Waals surface area contributed by atoms with E-state index in [1.165, 1.54) is 24.6 Å². The molecule has 0 aromatic heterocycles. The Hall–Kier alpha value is -2.35.